The van der Waals surface area contributed by atoms with Crippen LogP contribution in [0.1, 0.15) is 12.5 Å². The predicted molar refractivity (Wildman–Crippen MR) is 60.5 cm³/mol. The highest BCUT2D eigenvalue weighted by molar-refractivity contribution is 6.35. The molecule has 1 aliphatic heterocycles. The van der Waals surface area contributed by atoms with Gasteiger partial charge in [0.2, 0.25) is 0 Å². The maximum atomic E-state index is 5.90. The topological polar surface area (TPSA) is 24.4 Å². The number of halogens is 2. The van der Waals surface area contributed by atoms with E-state index < -0.39 is 0 Å². The lowest BCUT2D eigenvalue weighted by molar-refractivity contribution is 0.726. The van der Waals surface area contributed by atoms with Gasteiger partial charge in [0.25, 0.3) is 0 Å². The Morgan fingerprint density at radius 2 is 1.93 bits per heavy atom. The van der Waals surface area contributed by atoms with Crippen molar-refractivity contribution in [1.29, 1.82) is 0 Å². The number of rotatable bonds is 1. The maximum absolute atomic E-state index is 5.90. The Morgan fingerprint density at radius 1 is 1.29 bits per heavy atom. The summed E-state index contributed by atoms with van der Waals surface area (Å²) in [6.07, 6.45) is 0. The molecule has 1 aromatic rings. The fourth-order valence-electron chi connectivity index (χ4n) is 1.42. The summed E-state index contributed by atoms with van der Waals surface area (Å²) in [5, 5.41) is 4.53. The molecule has 1 aliphatic rings. The van der Waals surface area contributed by atoms with Crippen LogP contribution < -0.4 is 5.32 Å². The van der Waals surface area contributed by atoms with Gasteiger partial charge in [-0.25, -0.2) is 0 Å². The van der Waals surface area contributed by atoms with Gasteiger partial charge in [-0.2, -0.15) is 0 Å². The molecule has 1 N–H and O–H groups in total. The smallest absolute Gasteiger partial charge is 0.128 e. The molecule has 4 heteroatoms. The molecule has 1 atom stereocenters. The summed E-state index contributed by atoms with van der Waals surface area (Å²) < 4.78 is 0. The van der Waals surface area contributed by atoms with E-state index in [1.54, 1.807) is 6.07 Å². The van der Waals surface area contributed by atoms with Crippen molar-refractivity contribution in [3.63, 3.8) is 0 Å². The highest BCUT2D eigenvalue weighted by atomic mass is 35.5. The fourth-order valence-corrected chi connectivity index (χ4v) is 1.94. The quantitative estimate of drug-likeness (QED) is 0.786. The molecular formula is C10H10Cl2N2. The third kappa shape index (κ3) is 2.02. The third-order valence-electron chi connectivity index (χ3n) is 2.04. The zero-order valence-corrected chi connectivity index (χ0v) is 9.23. The Bertz CT molecular complexity index is 367. The minimum absolute atomic E-state index is 0.391. The van der Waals surface area contributed by atoms with Gasteiger partial charge in [-0.05, 0) is 25.1 Å². The minimum Gasteiger partial charge on any atom is -0.366 e. The summed E-state index contributed by atoms with van der Waals surface area (Å²) in [4.78, 5) is 4.36. The van der Waals surface area contributed by atoms with Crippen molar-refractivity contribution in [3.05, 3.63) is 33.8 Å². The van der Waals surface area contributed by atoms with E-state index in [4.69, 9.17) is 23.2 Å². The first-order valence-corrected chi connectivity index (χ1v) is 5.18. The number of hydrogen-bond donors (Lipinski definition) is 1. The Labute approximate surface area is 92.9 Å². The summed E-state index contributed by atoms with van der Waals surface area (Å²) >= 11 is 11.8. The molecule has 14 heavy (non-hydrogen) atoms. The van der Waals surface area contributed by atoms with Crippen LogP contribution in [0.15, 0.2) is 23.2 Å². The normalized spacial score (nSPS) is 20.5. The summed E-state index contributed by atoms with van der Waals surface area (Å²) in [5.74, 6) is 0.877. The van der Waals surface area contributed by atoms with Crippen LogP contribution in [-0.2, 0) is 0 Å². The highest BCUT2D eigenvalue weighted by Crippen LogP contribution is 2.20. The summed E-state index contributed by atoms with van der Waals surface area (Å²) in [7, 11) is 0. The Hall–Kier alpha value is -0.730. The Balaban J connectivity index is 2.33. The van der Waals surface area contributed by atoms with Crippen LogP contribution >= 0.6 is 23.2 Å². The minimum atomic E-state index is 0.391. The first-order chi connectivity index (χ1) is 6.65. The zero-order chi connectivity index (χ0) is 10.1. The largest absolute Gasteiger partial charge is 0.366 e. The van der Waals surface area contributed by atoms with Crippen LogP contribution in [0.4, 0.5) is 0 Å². The van der Waals surface area contributed by atoms with Crippen molar-refractivity contribution in [2.45, 2.75) is 13.0 Å². The number of hydrogen-bond acceptors (Lipinski definition) is 2. The van der Waals surface area contributed by atoms with E-state index in [9.17, 15) is 0 Å². The fraction of sp³-hybridized carbons (Fsp3) is 0.300. The molecule has 1 aromatic carbocycles. The molecule has 0 saturated carbocycles. The molecule has 0 amide bonds. The lowest BCUT2D eigenvalue weighted by Gasteiger charge is -2.06. The molecule has 1 heterocycles. The summed E-state index contributed by atoms with van der Waals surface area (Å²) in [6.45, 7) is 2.89. The average molecular weight is 229 g/mol. The molecule has 0 spiro atoms. The molecular weight excluding hydrogens is 219 g/mol. The van der Waals surface area contributed by atoms with Gasteiger partial charge < -0.3 is 5.32 Å². The molecule has 0 aromatic heterocycles. The van der Waals surface area contributed by atoms with Crippen molar-refractivity contribution < 1.29 is 0 Å². The van der Waals surface area contributed by atoms with Crippen molar-refractivity contribution in [2.24, 2.45) is 4.99 Å². The number of benzene rings is 1. The van der Waals surface area contributed by atoms with E-state index >= 15 is 0 Å². The van der Waals surface area contributed by atoms with Gasteiger partial charge in [-0.3, -0.25) is 4.99 Å². The van der Waals surface area contributed by atoms with Gasteiger partial charge in [-0.1, -0.05) is 23.2 Å². The van der Waals surface area contributed by atoms with Gasteiger partial charge in [0.05, 0.1) is 6.54 Å². The molecule has 0 fully saturated rings. The summed E-state index contributed by atoms with van der Waals surface area (Å²) in [5.41, 5.74) is 0.951. The van der Waals surface area contributed by atoms with Crippen LogP contribution in [0.2, 0.25) is 10.0 Å². The van der Waals surface area contributed by atoms with Gasteiger partial charge in [-0.15, -0.1) is 0 Å². The van der Waals surface area contributed by atoms with Gasteiger partial charge >= 0.3 is 0 Å². The van der Waals surface area contributed by atoms with E-state index in [1.165, 1.54) is 0 Å². The van der Waals surface area contributed by atoms with Crippen molar-refractivity contribution in [1.82, 2.24) is 5.32 Å². The van der Waals surface area contributed by atoms with E-state index in [-0.39, 0.29) is 0 Å². The van der Waals surface area contributed by atoms with E-state index in [1.807, 2.05) is 12.1 Å². The number of amidine groups is 1. The van der Waals surface area contributed by atoms with Crippen LogP contribution in [0, 0.1) is 0 Å². The monoisotopic (exact) mass is 228 g/mol. The number of aliphatic imine (C=N–C) groups is 1. The first kappa shape index (κ1) is 9.81. The zero-order valence-electron chi connectivity index (χ0n) is 7.72. The molecule has 0 radical (unpaired) electrons. The second-order valence-electron chi connectivity index (χ2n) is 3.39. The standard InChI is InChI=1S/C10H10Cl2N2/c1-6-5-13-10(14-6)7-2-8(11)4-9(12)3-7/h2-4,6H,5H2,1H3,(H,13,14). The molecule has 0 bridgehead atoms. The summed E-state index contributed by atoms with van der Waals surface area (Å²) in [6, 6.07) is 5.82. The van der Waals surface area contributed by atoms with Crippen LogP contribution in [0.5, 0.6) is 0 Å². The molecule has 2 rings (SSSR count). The van der Waals surface area contributed by atoms with Crippen LogP contribution in [-0.4, -0.2) is 18.4 Å². The van der Waals surface area contributed by atoms with Gasteiger partial charge in [0.1, 0.15) is 5.84 Å². The van der Waals surface area contributed by atoms with Crippen LogP contribution in [0.25, 0.3) is 0 Å². The first-order valence-electron chi connectivity index (χ1n) is 4.42. The van der Waals surface area contributed by atoms with Crippen molar-refractivity contribution in [3.8, 4) is 0 Å². The number of nitrogens with one attached hydrogen (secondary N) is 1. The average Bonchev–Trinajstić information content (AvgIpc) is 2.50. The molecule has 74 valence electrons. The lowest BCUT2D eigenvalue weighted by atomic mass is 10.2. The van der Waals surface area contributed by atoms with E-state index in [0.29, 0.717) is 16.1 Å². The molecule has 0 saturated heterocycles. The Morgan fingerprint density at radius 3 is 2.43 bits per heavy atom. The van der Waals surface area contributed by atoms with Crippen molar-refractivity contribution in [2.75, 3.05) is 6.54 Å². The Kier molecular flexibility index (Phi) is 2.66. The molecule has 2 nitrogen and oxygen atoms in total. The predicted octanol–water partition coefficient (Wildman–Crippen LogP) is 2.73. The lowest BCUT2D eigenvalue weighted by Crippen LogP contribution is -2.27. The third-order valence-corrected chi connectivity index (χ3v) is 2.48. The second kappa shape index (κ2) is 3.79. The second-order valence-corrected chi connectivity index (χ2v) is 4.27. The maximum Gasteiger partial charge on any atom is 0.128 e. The van der Waals surface area contributed by atoms with Crippen molar-refractivity contribution >= 4 is 29.0 Å². The van der Waals surface area contributed by atoms with E-state index in [2.05, 4.69) is 17.2 Å². The SMILES string of the molecule is CC1CN=C(c2cc(Cl)cc(Cl)c2)N1. The number of nitrogens with zero attached hydrogens (tertiary/aromatic N) is 1. The molecule has 1 unspecified atom stereocenters. The van der Waals surface area contributed by atoms with E-state index in [0.717, 1.165) is 17.9 Å². The highest BCUT2D eigenvalue weighted by Gasteiger charge is 2.14. The van der Waals surface area contributed by atoms with Gasteiger partial charge in [0, 0.05) is 21.7 Å². The molecule has 0 aliphatic carbocycles. The van der Waals surface area contributed by atoms with Crippen LogP contribution in [0.3, 0.4) is 0 Å². The van der Waals surface area contributed by atoms with Gasteiger partial charge in [0.15, 0.2) is 0 Å².